The Morgan fingerprint density at radius 3 is 2.22 bits per heavy atom. The van der Waals surface area contributed by atoms with Crippen LogP contribution < -0.4 is 5.19 Å². The summed E-state index contributed by atoms with van der Waals surface area (Å²) in [5.41, 5.74) is 0. The van der Waals surface area contributed by atoms with Crippen LogP contribution in [0.25, 0.3) is 0 Å². The molecule has 102 valence electrons. The van der Waals surface area contributed by atoms with Crippen molar-refractivity contribution in [2.75, 3.05) is 27.4 Å². The SMILES string of the molecule is CCCOCCC[Si](OC)(OC)c1ccccc1. The molecule has 0 heterocycles. The third-order valence-electron chi connectivity index (χ3n) is 3.02. The Labute approximate surface area is 111 Å². The first kappa shape index (κ1) is 15.4. The largest absolute Gasteiger partial charge is 0.394 e. The van der Waals surface area contributed by atoms with E-state index in [2.05, 4.69) is 19.1 Å². The van der Waals surface area contributed by atoms with Crippen molar-refractivity contribution in [3.63, 3.8) is 0 Å². The Hall–Kier alpha value is -0.683. The molecule has 3 nitrogen and oxygen atoms in total. The van der Waals surface area contributed by atoms with Crippen molar-refractivity contribution in [3.8, 4) is 0 Å². The molecule has 0 aliphatic rings. The van der Waals surface area contributed by atoms with Gasteiger partial charge in [-0.2, -0.15) is 0 Å². The molecular formula is C14H24O3Si. The molecule has 0 bridgehead atoms. The van der Waals surface area contributed by atoms with Gasteiger partial charge in [-0.25, -0.2) is 0 Å². The van der Waals surface area contributed by atoms with Crippen molar-refractivity contribution in [1.82, 2.24) is 0 Å². The van der Waals surface area contributed by atoms with Crippen molar-refractivity contribution in [3.05, 3.63) is 30.3 Å². The van der Waals surface area contributed by atoms with Gasteiger partial charge in [-0.1, -0.05) is 37.3 Å². The molecule has 4 heteroatoms. The highest BCUT2D eigenvalue weighted by molar-refractivity contribution is 6.81. The molecule has 0 atom stereocenters. The van der Waals surface area contributed by atoms with Crippen LogP contribution in [0.4, 0.5) is 0 Å². The number of hydrogen-bond donors (Lipinski definition) is 0. The molecule has 0 fully saturated rings. The fourth-order valence-corrected chi connectivity index (χ4v) is 4.66. The van der Waals surface area contributed by atoms with E-state index in [1.807, 2.05) is 18.2 Å². The van der Waals surface area contributed by atoms with E-state index < -0.39 is 8.56 Å². The van der Waals surface area contributed by atoms with E-state index in [1.54, 1.807) is 14.2 Å². The van der Waals surface area contributed by atoms with Crippen LogP contribution in [0.1, 0.15) is 19.8 Å². The molecule has 0 aliphatic carbocycles. The van der Waals surface area contributed by atoms with Gasteiger partial charge in [-0.3, -0.25) is 0 Å². The second-order valence-corrected chi connectivity index (χ2v) is 7.64. The van der Waals surface area contributed by atoms with Crippen LogP contribution in [0.2, 0.25) is 6.04 Å². The summed E-state index contributed by atoms with van der Waals surface area (Å²) >= 11 is 0. The molecule has 1 aromatic carbocycles. The predicted molar refractivity (Wildman–Crippen MR) is 76.4 cm³/mol. The summed E-state index contributed by atoms with van der Waals surface area (Å²) < 4.78 is 17.0. The average molecular weight is 268 g/mol. The van der Waals surface area contributed by atoms with Gasteiger partial charge in [-0.05, 0) is 24.1 Å². The standard InChI is InChI=1S/C14H24O3Si/c1-4-11-17-12-8-13-18(15-2,16-3)14-9-6-5-7-10-14/h5-7,9-10H,4,8,11-13H2,1-3H3. The van der Waals surface area contributed by atoms with E-state index >= 15 is 0 Å². The molecule has 0 aliphatic heterocycles. The van der Waals surface area contributed by atoms with E-state index in [9.17, 15) is 0 Å². The van der Waals surface area contributed by atoms with Gasteiger partial charge >= 0.3 is 8.56 Å². The van der Waals surface area contributed by atoms with Gasteiger partial charge in [0, 0.05) is 27.4 Å². The average Bonchev–Trinajstić information content (AvgIpc) is 2.44. The predicted octanol–water partition coefficient (Wildman–Crippen LogP) is 2.45. The maximum absolute atomic E-state index is 5.74. The van der Waals surface area contributed by atoms with Gasteiger partial charge in [0.1, 0.15) is 0 Å². The van der Waals surface area contributed by atoms with E-state index in [0.717, 1.165) is 32.1 Å². The highest BCUT2D eigenvalue weighted by atomic mass is 28.4. The Kier molecular flexibility index (Phi) is 7.20. The minimum atomic E-state index is -2.26. The van der Waals surface area contributed by atoms with Crippen LogP contribution in [0, 0.1) is 0 Å². The minimum Gasteiger partial charge on any atom is -0.394 e. The van der Waals surface area contributed by atoms with Crippen LogP contribution in [-0.4, -0.2) is 36.0 Å². The van der Waals surface area contributed by atoms with Gasteiger partial charge in [0.15, 0.2) is 0 Å². The lowest BCUT2D eigenvalue weighted by atomic mass is 10.4. The summed E-state index contributed by atoms with van der Waals surface area (Å²) in [5, 5.41) is 1.19. The quantitative estimate of drug-likeness (QED) is 0.508. The van der Waals surface area contributed by atoms with Gasteiger partial charge in [0.2, 0.25) is 0 Å². The second-order valence-electron chi connectivity index (χ2n) is 4.24. The lowest BCUT2D eigenvalue weighted by Crippen LogP contribution is -2.52. The summed E-state index contributed by atoms with van der Waals surface area (Å²) in [4.78, 5) is 0. The Balaban J connectivity index is 2.58. The Bertz CT molecular complexity index is 312. The van der Waals surface area contributed by atoms with E-state index in [4.69, 9.17) is 13.6 Å². The molecule has 0 spiro atoms. The van der Waals surface area contributed by atoms with Gasteiger partial charge < -0.3 is 13.6 Å². The smallest absolute Gasteiger partial charge is 0.372 e. The van der Waals surface area contributed by atoms with Crippen molar-refractivity contribution in [2.45, 2.75) is 25.8 Å². The Morgan fingerprint density at radius 1 is 1.00 bits per heavy atom. The van der Waals surface area contributed by atoms with Gasteiger partial charge in [-0.15, -0.1) is 0 Å². The zero-order valence-corrected chi connectivity index (χ0v) is 12.6. The zero-order valence-electron chi connectivity index (χ0n) is 11.6. The summed E-state index contributed by atoms with van der Waals surface area (Å²) in [6.07, 6.45) is 2.04. The zero-order chi connectivity index (χ0) is 13.3. The number of ether oxygens (including phenoxy) is 1. The maximum Gasteiger partial charge on any atom is 0.372 e. The monoisotopic (exact) mass is 268 g/mol. The number of rotatable bonds is 9. The lowest BCUT2D eigenvalue weighted by molar-refractivity contribution is 0.132. The van der Waals surface area contributed by atoms with Crippen molar-refractivity contribution >= 4 is 13.7 Å². The van der Waals surface area contributed by atoms with Crippen LogP contribution >= 0.6 is 0 Å². The third kappa shape index (κ3) is 4.21. The maximum atomic E-state index is 5.74. The molecule has 1 aromatic rings. The molecule has 0 N–H and O–H groups in total. The van der Waals surface area contributed by atoms with Crippen molar-refractivity contribution in [1.29, 1.82) is 0 Å². The summed E-state index contributed by atoms with van der Waals surface area (Å²) in [6.45, 7) is 3.73. The van der Waals surface area contributed by atoms with Crippen LogP contribution in [-0.2, 0) is 13.6 Å². The number of hydrogen-bond acceptors (Lipinski definition) is 3. The van der Waals surface area contributed by atoms with Gasteiger partial charge in [0.25, 0.3) is 0 Å². The summed E-state index contributed by atoms with van der Waals surface area (Å²) in [5.74, 6) is 0. The molecule has 0 radical (unpaired) electrons. The van der Waals surface area contributed by atoms with E-state index in [-0.39, 0.29) is 0 Å². The molecule has 18 heavy (non-hydrogen) atoms. The number of benzene rings is 1. The first-order valence-corrected chi connectivity index (χ1v) is 8.55. The molecule has 0 saturated heterocycles. The highest BCUT2D eigenvalue weighted by Gasteiger charge is 2.37. The highest BCUT2D eigenvalue weighted by Crippen LogP contribution is 2.14. The third-order valence-corrected chi connectivity index (χ3v) is 6.56. The lowest BCUT2D eigenvalue weighted by Gasteiger charge is -2.27. The second kappa shape index (κ2) is 8.42. The van der Waals surface area contributed by atoms with Crippen LogP contribution in [0.3, 0.4) is 0 Å². The molecule has 0 aromatic heterocycles. The Morgan fingerprint density at radius 2 is 1.67 bits per heavy atom. The topological polar surface area (TPSA) is 27.7 Å². The first-order valence-electron chi connectivity index (χ1n) is 6.52. The fraction of sp³-hybridized carbons (Fsp3) is 0.571. The normalized spacial score (nSPS) is 11.7. The van der Waals surface area contributed by atoms with Crippen molar-refractivity contribution in [2.24, 2.45) is 0 Å². The fourth-order valence-electron chi connectivity index (χ4n) is 2.01. The molecular weight excluding hydrogens is 244 g/mol. The van der Waals surface area contributed by atoms with E-state index in [1.165, 1.54) is 5.19 Å². The summed E-state index contributed by atoms with van der Waals surface area (Å²) in [7, 11) is 1.23. The molecule has 1 rings (SSSR count). The summed E-state index contributed by atoms with van der Waals surface area (Å²) in [6, 6.07) is 11.2. The molecule has 0 unspecified atom stereocenters. The van der Waals surface area contributed by atoms with Crippen LogP contribution in [0.15, 0.2) is 30.3 Å². The molecule has 0 amide bonds. The first-order chi connectivity index (χ1) is 8.79. The van der Waals surface area contributed by atoms with Gasteiger partial charge in [0.05, 0.1) is 0 Å². The van der Waals surface area contributed by atoms with Crippen LogP contribution in [0.5, 0.6) is 0 Å². The minimum absolute atomic E-state index is 0.780. The van der Waals surface area contributed by atoms with E-state index in [0.29, 0.717) is 0 Å². The molecule has 0 saturated carbocycles. The van der Waals surface area contributed by atoms with Crippen molar-refractivity contribution < 1.29 is 13.6 Å².